The van der Waals surface area contributed by atoms with Crippen LogP contribution in [0.3, 0.4) is 0 Å². The molecule has 0 spiro atoms. The largest absolute Gasteiger partial charge is 0.321 e. The van der Waals surface area contributed by atoms with E-state index >= 15 is 0 Å². The Morgan fingerprint density at radius 3 is 2.35 bits per heavy atom. The molecule has 4 rings (SSSR count). The van der Waals surface area contributed by atoms with Gasteiger partial charge in [0, 0.05) is 5.56 Å². The van der Waals surface area contributed by atoms with Crippen LogP contribution in [-0.4, -0.2) is 10.9 Å². The lowest BCUT2D eigenvalue weighted by Crippen LogP contribution is -2.16. The summed E-state index contributed by atoms with van der Waals surface area (Å²) in [6, 6.07) is 18.1. The smallest absolute Gasteiger partial charge is 0.261 e. The number of fused-ring (bicyclic) bond motifs is 1. The van der Waals surface area contributed by atoms with Crippen molar-refractivity contribution in [2.75, 3.05) is 5.32 Å². The molecule has 0 radical (unpaired) electrons. The van der Waals surface area contributed by atoms with Crippen molar-refractivity contribution in [1.29, 1.82) is 0 Å². The maximum Gasteiger partial charge on any atom is 0.261 e. The Morgan fingerprint density at radius 1 is 0.885 bits per heavy atom. The number of thiazole rings is 1. The second kappa shape index (κ2) is 6.65. The summed E-state index contributed by atoms with van der Waals surface area (Å²) in [6.45, 7) is 0. The van der Waals surface area contributed by atoms with Crippen LogP contribution in [0, 0.1) is 11.6 Å². The number of amides is 1. The van der Waals surface area contributed by atoms with E-state index in [4.69, 9.17) is 0 Å². The molecular formula is C20H12F2N2OS. The topological polar surface area (TPSA) is 42.0 Å². The molecule has 1 aromatic heterocycles. The van der Waals surface area contributed by atoms with Gasteiger partial charge in [-0.2, -0.15) is 0 Å². The van der Waals surface area contributed by atoms with E-state index in [1.165, 1.54) is 17.4 Å². The third-order valence-corrected chi connectivity index (χ3v) is 4.96. The van der Waals surface area contributed by atoms with E-state index in [9.17, 15) is 13.6 Å². The normalized spacial score (nSPS) is 10.8. The fourth-order valence-electron chi connectivity index (χ4n) is 2.67. The number of nitrogens with zero attached hydrogens (tertiary/aromatic N) is 1. The number of para-hydroxylation sites is 2. The van der Waals surface area contributed by atoms with Gasteiger partial charge in [0.1, 0.15) is 22.2 Å². The second-order valence-corrected chi connectivity index (χ2v) is 6.61. The zero-order valence-corrected chi connectivity index (χ0v) is 14.2. The zero-order chi connectivity index (χ0) is 18.1. The van der Waals surface area contributed by atoms with Crippen molar-refractivity contribution in [2.24, 2.45) is 0 Å². The first-order valence-corrected chi connectivity index (χ1v) is 8.65. The highest BCUT2D eigenvalue weighted by molar-refractivity contribution is 7.21. The molecule has 0 bridgehead atoms. The third kappa shape index (κ3) is 2.95. The molecule has 0 saturated heterocycles. The summed E-state index contributed by atoms with van der Waals surface area (Å²) in [5.74, 6) is -2.64. The minimum Gasteiger partial charge on any atom is -0.321 e. The molecule has 0 aliphatic carbocycles. The van der Waals surface area contributed by atoms with Crippen LogP contribution in [0.1, 0.15) is 10.4 Å². The van der Waals surface area contributed by atoms with Crippen LogP contribution < -0.4 is 5.32 Å². The molecule has 26 heavy (non-hydrogen) atoms. The minimum atomic E-state index is -0.903. The molecule has 0 aliphatic heterocycles. The van der Waals surface area contributed by atoms with Crippen molar-refractivity contribution in [1.82, 2.24) is 4.98 Å². The van der Waals surface area contributed by atoms with Gasteiger partial charge in [-0.15, -0.1) is 11.3 Å². The molecule has 1 heterocycles. The Hall–Kier alpha value is -3.12. The molecule has 3 aromatic carbocycles. The zero-order valence-electron chi connectivity index (χ0n) is 13.4. The first-order chi connectivity index (χ1) is 12.6. The molecule has 0 fully saturated rings. The number of hydrogen-bond acceptors (Lipinski definition) is 3. The Bertz CT molecular complexity index is 1070. The SMILES string of the molecule is O=C(Nc1ccccc1-c1nc2ccccc2s1)c1c(F)cccc1F. The molecule has 4 aromatic rings. The first kappa shape index (κ1) is 16.4. The standard InChI is InChI=1S/C20H12F2N2OS/c21-13-7-5-8-14(22)18(13)19(25)23-15-9-2-1-6-12(15)20-24-16-10-3-4-11-17(16)26-20/h1-11H,(H,23,25). The Morgan fingerprint density at radius 2 is 1.58 bits per heavy atom. The van der Waals surface area contributed by atoms with Crippen molar-refractivity contribution >= 4 is 33.1 Å². The predicted octanol–water partition coefficient (Wildman–Crippen LogP) is 5.49. The predicted molar refractivity (Wildman–Crippen MR) is 99.4 cm³/mol. The summed E-state index contributed by atoms with van der Waals surface area (Å²) in [6.07, 6.45) is 0. The molecule has 0 aliphatic rings. The number of nitrogens with one attached hydrogen (secondary N) is 1. The van der Waals surface area contributed by atoms with Gasteiger partial charge in [-0.05, 0) is 36.4 Å². The van der Waals surface area contributed by atoms with Crippen molar-refractivity contribution in [2.45, 2.75) is 0 Å². The average molecular weight is 366 g/mol. The summed E-state index contributed by atoms with van der Waals surface area (Å²) < 4.78 is 28.7. The van der Waals surface area contributed by atoms with Gasteiger partial charge >= 0.3 is 0 Å². The summed E-state index contributed by atoms with van der Waals surface area (Å²) in [5.41, 5.74) is 1.39. The van der Waals surface area contributed by atoms with Gasteiger partial charge < -0.3 is 5.32 Å². The van der Waals surface area contributed by atoms with Crippen LogP contribution in [0.4, 0.5) is 14.5 Å². The van der Waals surface area contributed by atoms with Gasteiger partial charge in [-0.25, -0.2) is 13.8 Å². The van der Waals surface area contributed by atoms with E-state index in [0.29, 0.717) is 11.3 Å². The lowest BCUT2D eigenvalue weighted by Gasteiger charge is -2.10. The fourth-order valence-corrected chi connectivity index (χ4v) is 3.67. The Labute approximate surface area is 151 Å². The maximum absolute atomic E-state index is 13.9. The number of benzene rings is 3. The number of carbonyl (C=O) groups is 1. The fraction of sp³-hybridized carbons (Fsp3) is 0. The molecular weight excluding hydrogens is 354 g/mol. The van der Waals surface area contributed by atoms with Crippen molar-refractivity contribution in [3.05, 3.63) is 83.9 Å². The van der Waals surface area contributed by atoms with Crippen LogP contribution in [0.25, 0.3) is 20.8 Å². The highest BCUT2D eigenvalue weighted by atomic mass is 32.1. The number of halogens is 2. The lowest BCUT2D eigenvalue weighted by atomic mass is 10.1. The summed E-state index contributed by atoms with van der Waals surface area (Å²) in [5, 5.41) is 3.32. The minimum absolute atomic E-state index is 0.444. The molecule has 0 saturated carbocycles. The Balaban J connectivity index is 1.73. The average Bonchev–Trinajstić information content (AvgIpc) is 3.06. The highest BCUT2D eigenvalue weighted by Gasteiger charge is 2.19. The third-order valence-electron chi connectivity index (χ3n) is 3.89. The van der Waals surface area contributed by atoms with Gasteiger partial charge in [0.15, 0.2) is 0 Å². The van der Waals surface area contributed by atoms with E-state index < -0.39 is 23.1 Å². The van der Waals surface area contributed by atoms with Crippen LogP contribution in [-0.2, 0) is 0 Å². The van der Waals surface area contributed by atoms with Gasteiger partial charge in [0.25, 0.3) is 5.91 Å². The van der Waals surface area contributed by atoms with Gasteiger partial charge in [-0.3, -0.25) is 4.79 Å². The molecule has 1 amide bonds. The molecule has 0 atom stereocenters. The monoisotopic (exact) mass is 366 g/mol. The molecule has 1 N–H and O–H groups in total. The quantitative estimate of drug-likeness (QED) is 0.521. The van der Waals surface area contributed by atoms with Crippen molar-refractivity contribution in [3.63, 3.8) is 0 Å². The number of hydrogen-bond donors (Lipinski definition) is 1. The molecule has 128 valence electrons. The van der Waals surface area contributed by atoms with E-state index in [2.05, 4.69) is 10.3 Å². The van der Waals surface area contributed by atoms with E-state index in [-0.39, 0.29) is 0 Å². The van der Waals surface area contributed by atoms with E-state index in [1.807, 2.05) is 36.4 Å². The lowest BCUT2D eigenvalue weighted by molar-refractivity contribution is 0.101. The number of anilines is 1. The maximum atomic E-state index is 13.9. The summed E-state index contributed by atoms with van der Waals surface area (Å²) in [7, 11) is 0. The molecule has 0 unspecified atom stereocenters. The van der Waals surface area contributed by atoms with Crippen molar-refractivity contribution in [3.8, 4) is 10.6 Å². The number of aromatic nitrogens is 1. The summed E-state index contributed by atoms with van der Waals surface area (Å²) >= 11 is 1.48. The van der Waals surface area contributed by atoms with Crippen LogP contribution in [0.15, 0.2) is 66.7 Å². The number of carbonyl (C=O) groups excluding carboxylic acids is 1. The van der Waals surface area contributed by atoms with Crippen LogP contribution >= 0.6 is 11.3 Å². The second-order valence-electron chi connectivity index (χ2n) is 5.58. The van der Waals surface area contributed by atoms with Gasteiger partial charge in [0.2, 0.25) is 0 Å². The van der Waals surface area contributed by atoms with Gasteiger partial charge in [-0.1, -0.05) is 30.3 Å². The first-order valence-electron chi connectivity index (χ1n) is 7.84. The van der Waals surface area contributed by atoms with Crippen LogP contribution in [0.5, 0.6) is 0 Å². The molecule has 3 nitrogen and oxygen atoms in total. The molecule has 6 heteroatoms. The summed E-state index contributed by atoms with van der Waals surface area (Å²) in [4.78, 5) is 17.0. The van der Waals surface area contributed by atoms with Gasteiger partial charge in [0.05, 0.1) is 15.9 Å². The Kier molecular flexibility index (Phi) is 4.18. The highest BCUT2D eigenvalue weighted by Crippen LogP contribution is 2.34. The van der Waals surface area contributed by atoms with Crippen LogP contribution in [0.2, 0.25) is 0 Å². The van der Waals surface area contributed by atoms with E-state index in [1.54, 1.807) is 12.1 Å². The number of rotatable bonds is 3. The van der Waals surface area contributed by atoms with Crippen molar-refractivity contribution < 1.29 is 13.6 Å². The van der Waals surface area contributed by atoms with E-state index in [0.717, 1.165) is 27.4 Å².